The Labute approximate surface area is 76.9 Å². The third-order valence-corrected chi connectivity index (χ3v) is 3.20. The lowest BCUT2D eigenvalue weighted by Gasteiger charge is -2.19. The van der Waals surface area contributed by atoms with Crippen LogP contribution in [0.4, 0.5) is 0 Å². The van der Waals surface area contributed by atoms with Crippen LogP contribution in [-0.2, 0) is 18.4 Å². The summed E-state index contributed by atoms with van der Waals surface area (Å²) in [6.45, 7) is 6.42. The second-order valence-electron chi connectivity index (χ2n) is 2.07. The van der Waals surface area contributed by atoms with E-state index in [1.165, 1.54) is 0 Å². The van der Waals surface area contributed by atoms with Crippen molar-refractivity contribution in [1.29, 1.82) is 0 Å². The minimum absolute atomic E-state index is 0.0869. The van der Waals surface area contributed by atoms with Crippen molar-refractivity contribution in [3.63, 3.8) is 0 Å². The predicted molar refractivity (Wildman–Crippen MR) is 45.0 cm³/mol. The van der Waals surface area contributed by atoms with E-state index >= 15 is 0 Å². The first-order valence-corrected chi connectivity index (χ1v) is 5.32. The molecule has 0 aliphatic carbocycles. The van der Waals surface area contributed by atoms with Gasteiger partial charge in [-0.3, -0.25) is 4.57 Å². The Morgan fingerprint density at radius 1 is 1.38 bits per heavy atom. The van der Waals surface area contributed by atoms with Gasteiger partial charge in [-0.05, 0) is 13.8 Å². The first kappa shape index (κ1) is 12.4. The second-order valence-corrected chi connectivity index (χ2v) is 4.12. The van der Waals surface area contributed by atoms with Gasteiger partial charge in [-0.25, -0.2) is 0 Å². The first-order valence-electron chi connectivity index (χ1n) is 3.77. The van der Waals surface area contributed by atoms with Crippen LogP contribution in [-0.4, -0.2) is 19.2 Å². The number of aliphatic carboxylic acids is 1. The number of hydrogen-bond acceptors (Lipinski definition) is 5. The summed E-state index contributed by atoms with van der Waals surface area (Å²) in [7, 11) is -3.72. The van der Waals surface area contributed by atoms with E-state index in [0.29, 0.717) is 0 Å². The molecule has 0 N–H and O–H groups in total. The summed E-state index contributed by atoms with van der Waals surface area (Å²) in [5.74, 6) is -1.62. The zero-order valence-corrected chi connectivity index (χ0v) is 8.50. The highest BCUT2D eigenvalue weighted by atomic mass is 31.2. The molecule has 5 nitrogen and oxygen atoms in total. The number of rotatable bonds is 6. The van der Waals surface area contributed by atoms with E-state index in [-0.39, 0.29) is 13.2 Å². The Morgan fingerprint density at radius 2 is 1.77 bits per heavy atom. The van der Waals surface area contributed by atoms with Gasteiger partial charge in [-0.15, -0.1) is 0 Å². The fourth-order valence-corrected chi connectivity index (χ4v) is 1.93. The van der Waals surface area contributed by atoms with Crippen molar-refractivity contribution in [2.75, 3.05) is 13.2 Å². The van der Waals surface area contributed by atoms with Gasteiger partial charge in [-0.2, -0.15) is 0 Å². The van der Waals surface area contributed by atoms with Gasteiger partial charge in [0.1, 0.15) is 0 Å². The summed E-state index contributed by atoms with van der Waals surface area (Å²) in [6.07, 6.45) is 0. The van der Waals surface area contributed by atoms with Crippen molar-refractivity contribution in [2.45, 2.75) is 13.8 Å². The molecule has 13 heavy (non-hydrogen) atoms. The van der Waals surface area contributed by atoms with Crippen LogP contribution in [0.1, 0.15) is 13.8 Å². The van der Waals surface area contributed by atoms with Gasteiger partial charge >= 0.3 is 7.60 Å². The van der Waals surface area contributed by atoms with E-state index in [1.807, 2.05) is 0 Å². The molecular weight excluding hydrogens is 195 g/mol. The molecular formula is C7H12O5P-. The van der Waals surface area contributed by atoms with Gasteiger partial charge in [0.05, 0.1) is 24.5 Å². The largest absolute Gasteiger partial charge is 0.544 e. The number of carboxylic acid groups (broad SMARTS) is 1. The van der Waals surface area contributed by atoms with E-state index in [2.05, 4.69) is 6.58 Å². The Bertz CT molecular complexity index is 237. The zero-order valence-electron chi connectivity index (χ0n) is 7.61. The second kappa shape index (κ2) is 5.17. The molecule has 0 unspecified atom stereocenters. The monoisotopic (exact) mass is 207 g/mol. The maximum atomic E-state index is 11.6. The molecule has 0 aliphatic rings. The summed E-state index contributed by atoms with van der Waals surface area (Å²) >= 11 is 0. The lowest BCUT2D eigenvalue weighted by Crippen LogP contribution is -2.24. The van der Waals surface area contributed by atoms with E-state index in [0.717, 1.165) is 0 Å². The molecule has 0 saturated carbocycles. The average molecular weight is 207 g/mol. The molecule has 0 radical (unpaired) electrons. The summed E-state index contributed by atoms with van der Waals surface area (Å²) in [5, 5.41) is 9.71. The van der Waals surface area contributed by atoms with E-state index in [1.54, 1.807) is 13.8 Å². The molecule has 6 heteroatoms. The van der Waals surface area contributed by atoms with Gasteiger partial charge < -0.3 is 18.9 Å². The van der Waals surface area contributed by atoms with Crippen LogP contribution in [0.3, 0.4) is 0 Å². The highest BCUT2D eigenvalue weighted by Gasteiger charge is 2.28. The Morgan fingerprint density at radius 3 is 2.00 bits per heavy atom. The smallest absolute Gasteiger partial charge is 0.362 e. The molecule has 0 aromatic carbocycles. The van der Waals surface area contributed by atoms with Crippen molar-refractivity contribution in [3.8, 4) is 0 Å². The number of hydrogen-bond donors (Lipinski definition) is 0. The molecule has 0 aromatic heterocycles. The highest BCUT2D eigenvalue weighted by Crippen LogP contribution is 2.54. The molecule has 0 bridgehead atoms. The molecule has 0 atom stereocenters. The maximum Gasteiger partial charge on any atom is 0.362 e. The van der Waals surface area contributed by atoms with Crippen molar-refractivity contribution >= 4 is 13.6 Å². The standard InChI is InChI=1S/C7H13O5P/c1-4-11-13(10,12-5-2)6(3)7(8)9/h3-5H2,1-2H3,(H,8,9)/p-1. The normalized spacial score (nSPS) is 11.2. The van der Waals surface area contributed by atoms with E-state index < -0.39 is 18.9 Å². The van der Waals surface area contributed by atoms with Crippen LogP contribution in [0.5, 0.6) is 0 Å². The molecule has 76 valence electrons. The fourth-order valence-electron chi connectivity index (χ4n) is 0.645. The SMILES string of the molecule is C=C(C(=O)[O-])P(=O)(OCC)OCC. The summed E-state index contributed by atoms with van der Waals surface area (Å²) in [4.78, 5) is 10.4. The van der Waals surface area contributed by atoms with Crippen LogP contribution in [0.2, 0.25) is 0 Å². The van der Waals surface area contributed by atoms with Crippen molar-refractivity contribution in [3.05, 3.63) is 11.9 Å². The average Bonchev–Trinajstić information content (AvgIpc) is 2.03. The third-order valence-electron chi connectivity index (χ3n) is 1.16. The van der Waals surface area contributed by atoms with Gasteiger partial charge in [-0.1, -0.05) is 6.58 Å². The van der Waals surface area contributed by atoms with Gasteiger partial charge in [0.25, 0.3) is 0 Å². The van der Waals surface area contributed by atoms with Gasteiger partial charge in [0.15, 0.2) is 0 Å². The first-order chi connectivity index (χ1) is 5.98. The quantitative estimate of drug-likeness (QED) is 0.468. The molecule has 0 aromatic rings. The van der Waals surface area contributed by atoms with Crippen LogP contribution in [0.15, 0.2) is 11.9 Å². The Hall–Kier alpha value is -0.640. The third kappa shape index (κ3) is 3.30. The van der Waals surface area contributed by atoms with Crippen LogP contribution < -0.4 is 5.11 Å². The molecule has 0 amide bonds. The van der Waals surface area contributed by atoms with E-state index in [9.17, 15) is 14.5 Å². The van der Waals surface area contributed by atoms with Crippen molar-refractivity contribution < 1.29 is 23.5 Å². The Kier molecular flexibility index (Phi) is 4.91. The van der Waals surface area contributed by atoms with Crippen LogP contribution in [0.25, 0.3) is 0 Å². The van der Waals surface area contributed by atoms with E-state index in [4.69, 9.17) is 9.05 Å². The molecule has 0 aliphatic heterocycles. The van der Waals surface area contributed by atoms with Crippen molar-refractivity contribution in [1.82, 2.24) is 0 Å². The number of carboxylic acids is 1. The van der Waals surface area contributed by atoms with Gasteiger partial charge in [0, 0.05) is 0 Å². The minimum Gasteiger partial charge on any atom is -0.544 e. The Balaban J connectivity index is 4.68. The maximum absolute atomic E-state index is 11.6. The summed E-state index contributed by atoms with van der Waals surface area (Å²) in [6, 6.07) is 0. The van der Waals surface area contributed by atoms with Crippen molar-refractivity contribution in [2.24, 2.45) is 0 Å². The fraction of sp³-hybridized carbons (Fsp3) is 0.571. The zero-order chi connectivity index (χ0) is 10.5. The van der Waals surface area contributed by atoms with Gasteiger partial charge in [0.2, 0.25) is 0 Å². The molecule has 0 spiro atoms. The molecule has 0 saturated heterocycles. The number of carbonyl (C=O) groups is 1. The lowest BCUT2D eigenvalue weighted by atomic mass is 10.7. The topological polar surface area (TPSA) is 75.7 Å². The summed E-state index contributed by atoms with van der Waals surface area (Å²) in [5.41, 5.74) is 0. The van der Waals surface area contributed by atoms with Crippen LogP contribution >= 0.6 is 7.60 Å². The number of carbonyl (C=O) groups excluding carboxylic acids is 1. The lowest BCUT2D eigenvalue weighted by molar-refractivity contribution is -0.298. The highest BCUT2D eigenvalue weighted by molar-refractivity contribution is 7.59. The molecule has 0 rings (SSSR count). The molecule has 0 heterocycles. The minimum atomic E-state index is -3.72. The molecule has 0 fully saturated rings. The predicted octanol–water partition coefficient (Wildman–Crippen LogP) is 0.516. The summed E-state index contributed by atoms with van der Waals surface area (Å²) < 4.78 is 21.0. The van der Waals surface area contributed by atoms with Crippen LogP contribution in [0, 0.1) is 0 Å².